The van der Waals surface area contributed by atoms with E-state index in [1.165, 1.54) is 19.3 Å². The third kappa shape index (κ3) is 3.90. The van der Waals surface area contributed by atoms with Gasteiger partial charge in [0.2, 0.25) is 0 Å². The number of hydrogen-bond donors (Lipinski definition) is 1. The number of ether oxygens (including phenoxy) is 2. The number of benzene rings is 1. The van der Waals surface area contributed by atoms with Crippen molar-refractivity contribution in [2.24, 2.45) is 0 Å². The molecule has 1 aliphatic heterocycles. The Bertz CT molecular complexity index is 733. The number of hydrogen-bond acceptors (Lipinski definition) is 7. The molecule has 0 aromatic heterocycles. The predicted molar refractivity (Wildman–Crippen MR) is 91.7 cm³/mol. The van der Waals surface area contributed by atoms with E-state index in [-0.39, 0.29) is 16.4 Å². The number of imide groups is 1. The lowest BCUT2D eigenvalue weighted by atomic mass is 10.2. The largest absolute Gasteiger partial charge is 0.504 e. The second-order valence-electron chi connectivity index (χ2n) is 4.62. The normalized spacial score (nSPS) is 16.0. The standard InChI is InChI=1S/C15H14BrNO6S/c1-3-23-11-4-8(9(16)6-10(11)18)5-12-14(20)17(15(21)24-12)7-13(19)22-2/h4-6,18H,3,7H2,1-2H3/b12-5-. The number of carbonyl (C=O) groups is 3. The Balaban J connectivity index is 2.32. The van der Waals surface area contributed by atoms with Crippen LogP contribution in [0.1, 0.15) is 12.5 Å². The van der Waals surface area contributed by atoms with Crippen molar-refractivity contribution in [1.82, 2.24) is 4.90 Å². The lowest BCUT2D eigenvalue weighted by Gasteiger charge is -2.10. The number of carbonyl (C=O) groups excluding carboxylic acids is 3. The van der Waals surface area contributed by atoms with Crippen LogP contribution in [-0.2, 0) is 14.3 Å². The number of halogens is 1. The molecule has 0 unspecified atom stereocenters. The summed E-state index contributed by atoms with van der Waals surface area (Å²) in [5, 5.41) is 9.26. The third-order valence-corrected chi connectivity index (χ3v) is 4.65. The van der Waals surface area contributed by atoms with Gasteiger partial charge in [0.05, 0.1) is 18.6 Å². The average Bonchev–Trinajstić information content (AvgIpc) is 2.79. The minimum atomic E-state index is -0.678. The predicted octanol–water partition coefficient (Wildman–Crippen LogP) is 2.76. The summed E-state index contributed by atoms with van der Waals surface area (Å²) in [5.41, 5.74) is 0.555. The number of nitrogens with zero attached hydrogens (tertiary/aromatic N) is 1. The van der Waals surface area contributed by atoms with Gasteiger partial charge in [-0.3, -0.25) is 19.3 Å². The van der Waals surface area contributed by atoms with E-state index in [0.29, 0.717) is 16.6 Å². The van der Waals surface area contributed by atoms with Crippen molar-refractivity contribution >= 4 is 50.9 Å². The van der Waals surface area contributed by atoms with E-state index in [0.717, 1.165) is 16.7 Å². The van der Waals surface area contributed by atoms with E-state index in [9.17, 15) is 19.5 Å². The van der Waals surface area contributed by atoms with Gasteiger partial charge in [-0.25, -0.2) is 0 Å². The highest BCUT2D eigenvalue weighted by atomic mass is 79.9. The minimum Gasteiger partial charge on any atom is -0.504 e. The van der Waals surface area contributed by atoms with Crippen molar-refractivity contribution in [2.45, 2.75) is 6.92 Å². The zero-order chi connectivity index (χ0) is 17.9. The van der Waals surface area contributed by atoms with Crippen LogP contribution >= 0.6 is 27.7 Å². The fourth-order valence-electron chi connectivity index (χ4n) is 1.91. The number of esters is 1. The zero-order valence-electron chi connectivity index (χ0n) is 12.9. The molecule has 0 spiro atoms. The molecule has 2 amide bonds. The van der Waals surface area contributed by atoms with Crippen LogP contribution in [0.2, 0.25) is 0 Å². The molecule has 0 atom stereocenters. The summed E-state index contributed by atoms with van der Waals surface area (Å²) < 4.78 is 10.3. The van der Waals surface area contributed by atoms with Crippen molar-refractivity contribution in [3.63, 3.8) is 0 Å². The van der Waals surface area contributed by atoms with Gasteiger partial charge < -0.3 is 14.6 Å². The molecule has 1 fully saturated rings. The molecule has 1 aromatic rings. The van der Waals surface area contributed by atoms with Gasteiger partial charge in [0.25, 0.3) is 11.1 Å². The van der Waals surface area contributed by atoms with Gasteiger partial charge in [0.15, 0.2) is 11.5 Å². The molecule has 0 bridgehead atoms. The van der Waals surface area contributed by atoms with E-state index >= 15 is 0 Å². The van der Waals surface area contributed by atoms with Crippen molar-refractivity contribution in [1.29, 1.82) is 0 Å². The Labute approximate surface area is 150 Å². The number of thioether (sulfide) groups is 1. The second-order valence-corrected chi connectivity index (χ2v) is 6.47. The quantitative estimate of drug-likeness (QED) is 0.583. The highest BCUT2D eigenvalue weighted by Crippen LogP contribution is 2.37. The number of phenolic OH excluding ortho intramolecular Hbond substituents is 1. The van der Waals surface area contributed by atoms with Gasteiger partial charge >= 0.3 is 5.97 Å². The summed E-state index contributed by atoms with van der Waals surface area (Å²) in [6, 6.07) is 2.99. The Morgan fingerprint density at radius 2 is 2.12 bits per heavy atom. The van der Waals surface area contributed by atoms with Gasteiger partial charge in [-0.05, 0) is 42.5 Å². The highest BCUT2D eigenvalue weighted by Gasteiger charge is 2.36. The van der Waals surface area contributed by atoms with Crippen LogP contribution < -0.4 is 4.74 Å². The van der Waals surface area contributed by atoms with Gasteiger partial charge in [0.1, 0.15) is 6.54 Å². The van der Waals surface area contributed by atoms with Crippen LogP contribution in [0, 0.1) is 0 Å². The van der Waals surface area contributed by atoms with Crippen LogP contribution in [-0.4, -0.2) is 47.4 Å². The highest BCUT2D eigenvalue weighted by molar-refractivity contribution is 9.10. The molecule has 128 valence electrons. The smallest absolute Gasteiger partial charge is 0.325 e. The fourth-order valence-corrected chi connectivity index (χ4v) is 3.19. The maximum atomic E-state index is 12.3. The topological polar surface area (TPSA) is 93.1 Å². The fraction of sp³-hybridized carbons (Fsp3) is 0.267. The minimum absolute atomic E-state index is 0.0420. The number of methoxy groups -OCH3 is 1. The second kappa shape index (κ2) is 7.71. The maximum Gasteiger partial charge on any atom is 0.325 e. The monoisotopic (exact) mass is 415 g/mol. The van der Waals surface area contributed by atoms with E-state index in [4.69, 9.17) is 4.74 Å². The molecule has 24 heavy (non-hydrogen) atoms. The number of amides is 2. The van der Waals surface area contributed by atoms with E-state index in [2.05, 4.69) is 20.7 Å². The summed E-state index contributed by atoms with van der Waals surface area (Å²) in [5.74, 6) is -1.03. The SMILES string of the molecule is CCOc1cc(/C=C2\SC(=O)N(CC(=O)OC)C2=O)c(Br)cc1O. The van der Waals surface area contributed by atoms with Crippen LogP contribution in [0.3, 0.4) is 0 Å². The summed E-state index contributed by atoms with van der Waals surface area (Å²) in [6.45, 7) is 1.71. The van der Waals surface area contributed by atoms with E-state index in [1.54, 1.807) is 13.0 Å². The lowest BCUT2D eigenvalue weighted by molar-refractivity contribution is -0.143. The number of aromatic hydroxyl groups is 1. The summed E-state index contributed by atoms with van der Waals surface area (Å²) >= 11 is 4.02. The summed E-state index contributed by atoms with van der Waals surface area (Å²) in [7, 11) is 1.18. The van der Waals surface area contributed by atoms with Gasteiger partial charge in [-0.2, -0.15) is 0 Å². The molecule has 7 nitrogen and oxygen atoms in total. The van der Waals surface area contributed by atoms with Crippen LogP contribution in [0.15, 0.2) is 21.5 Å². The van der Waals surface area contributed by atoms with Gasteiger partial charge in [-0.15, -0.1) is 0 Å². The van der Waals surface area contributed by atoms with Gasteiger partial charge in [0, 0.05) is 4.47 Å². The maximum absolute atomic E-state index is 12.3. The first kappa shape index (κ1) is 18.3. The molecular formula is C15H14BrNO6S. The van der Waals surface area contributed by atoms with E-state index in [1.807, 2.05) is 0 Å². The first-order valence-electron chi connectivity index (χ1n) is 6.84. The Hall–Kier alpha value is -2.00. The third-order valence-electron chi connectivity index (χ3n) is 3.05. The first-order chi connectivity index (χ1) is 11.4. The van der Waals surface area contributed by atoms with E-state index < -0.39 is 23.7 Å². The Morgan fingerprint density at radius 3 is 2.75 bits per heavy atom. The molecule has 0 aliphatic carbocycles. The molecule has 1 saturated heterocycles. The van der Waals surface area contributed by atoms with Crippen LogP contribution in [0.4, 0.5) is 4.79 Å². The number of rotatable bonds is 5. The van der Waals surface area contributed by atoms with Crippen LogP contribution in [0.5, 0.6) is 11.5 Å². The first-order valence-corrected chi connectivity index (χ1v) is 8.45. The molecule has 2 rings (SSSR count). The van der Waals surface area contributed by atoms with Crippen molar-refractivity contribution in [2.75, 3.05) is 20.3 Å². The summed E-state index contributed by atoms with van der Waals surface area (Å²) in [6.07, 6.45) is 1.49. The average molecular weight is 416 g/mol. The van der Waals surface area contributed by atoms with Crippen molar-refractivity contribution in [3.05, 3.63) is 27.1 Å². The summed E-state index contributed by atoms with van der Waals surface area (Å²) in [4.78, 5) is 36.4. The Morgan fingerprint density at radius 1 is 1.42 bits per heavy atom. The number of phenols is 1. The molecule has 0 saturated carbocycles. The molecule has 1 aliphatic rings. The Kier molecular flexibility index (Phi) is 5.89. The van der Waals surface area contributed by atoms with Gasteiger partial charge in [-0.1, -0.05) is 15.9 Å². The lowest BCUT2D eigenvalue weighted by Crippen LogP contribution is -2.34. The molecule has 0 radical (unpaired) electrons. The molecule has 1 N–H and O–H groups in total. The molecule has 1 aromatic carbocycles. The van der Waals surface area contributed by atoms with Crippen LogP contribution in [0.25, 0.3) is 6.08 Å². The molecule has 1 heterocycles. The molecular weight excluding hydrogens is 402 g/mol. The van der Waals surface area contributed by atoms with Crippen molar-refractivity contribution < 1.29 is 29.0 Å². The molecule has 9 heteroatoms. The zero-order valence-corrected chi connectivity index (χ0v) is 15.3. The van der Waals surface area contributed by atoms with Crippen molar-refractivity contribution in [3.8, 4) is 11.5 Å².